The monoisotopic (exact) mass is 332 g/mol. The summed E-state index contributed by atoms with van der Waals surface area (Å²) in [4.78, 5) is 30.1. The topological polar surface area (TPSA) is 104 Å². The Hall–Kier alpha value is -3.54. The summed E-state index contributed by atoms with van der Waals surface area (Å²) in [6.45, 7) is 1.51. The van der Waals surface area contributed by atoms with E-state index in [1.807, 2.05) is 24.3 Å². The van der Waals surface area contributed by atoms with Crippen LogP contribution in [0.5, 0.6) is 0 Å². The number of amides is 1. The molecule has 0 aliphatic carbocycles. The van der Waals surface area contributed by atoms with Crippen LogP contribution in [0.4, 0.5) is 11.4 Å². The van der Waals surface area contributed by atoms with Crippen molar-refractivity contribution in [2.75, 3.05) is 11.1 Å². The molecule has 2 heterocycles. The number of aromatic amines is 2. The Morgan fingerprint density at radius 1 is 0.960 bits per heavy atom. The van der Waals surface area contributed by atoms with Crippen molar-refractivity contribution in [1.82, 2.24) is 9.97 Å². The van der Waals surface area contributed by atoms with Crippen molar-refractivity contribution in [2.45, 2.75) is 6.92 Å². The average molecular weight is 332 g/mol. The average Bonchev–Trinajstić information content (AvgIpc) is 3.19. The lowest BCUT2D eigenvalue weighted by atomic mass is 10.2. The number of hydrogen-bond donors (Lipinski definition) is 4. The number of nitrogens with two attached hydrogens (primary N) is 1. The Morgan fingerprint density at radius 3 is 2.52 bits per heavy atom. The van der Waals surface area contributed by atoms with E-state index in [2.05, 4.69) is 15.3 Å². The normalized spacial score (nSPS) is 11.1. The first kappa shape index (κ1) is 15.0. The molecule has 0 fully saturated rings. The van der Waals surface area contributed by atoms with E-state index < -0.39 is 0 Å². The second-order valence-electron chi connectivity index (χ2n) is 5.99. The Kier molecular flexibility index (Phi) is 3.32. The van der Waals surface area contributed by atoms with Gasteiger partial charge in [0, 0.05) is 28.9 Å². The summed E-state index contributed by atoms with van der Waals surface area (Å²) in [5, 5.41) is 4.61. The molecule has 0 bridgehead atoms. The first-order valence-corrected chi connectivity index (χ1v) is 7.83. The Labute approximate surface area is 143 Å². The number of carbonyl (C=O) groups excluding carboxylic acids is 2. The minimum atomic E-state index is -0.253. The fourth-order valence-electron chi connectivity index (χ4n) is 2.90. The zero-order chi connectivity index (χ0) is 17.6. The van der Waals surface area contributed by atoms with E-state index in [1.54, 1.807) is 24.3 Å². The summed E-state index contributed by atoms with van der Waals surface area (Å²) in [5.74, 6) is -0.283. The quantitative estimate of drug-likeness (QED) is 0.340. The van der Waals surface area contributed by atoms with E-state index in [1.165, 1.54) is 6.92 Å². The molecule has 5 N–H and O–H groups in total. The van der Waals surface area contributed by atoms with Gasteiger partial charge in [0.2, 0.25) is 0 Å². The van der Waals surface area contributed by atoms with Gasteiger partial charge in [-0.25, -0.2) is 0 Å². The lowest BCUT2D eigenvalue weighted by Gasteiger charge is -2.03. The number of ketones is 1. The molecule has 4 aromatic rings. The van der Waals surface area contributed by atoms with Crippen molar-refractivity contribution < 1.29 is 9.59 Å². The van der Waals surface area contributed by atoms with Crippen LogP contribution < -0.4 is 11.1 Å². The highest BCUT2D eigenvalue weighted by molar-refractivity contribution is 6.08. The zero-order valence-electron chi connectivity index (χ0n) is 13.5. The van der Waals surface area contributed by atoms with Crippen LogP contribution in [0.1, 0.15) is 27.9 Å². The smallest absolute Gasteiger partial charge is 0.272 e. The maximum absolute atomic E-state index is 12.5. The predicted octanol–water partition coefficient (Wildman–Crippen LogP) is 3.69. The molecule has 0 radical (unpaired) electrons. The fraction of sp³-hybridized carbons (Fsp3) is 0.0526. The summed E-state index contributed by atoms with van der Waals surface area (Å²) in [5.41, 5.74) is 9.75. The highest BCUT2D eigenvalue weighted by atomic mass is 16.2. The van der Waals surface area contributed by atoms with Gasteiger partial charge in [0.15, 0.2) is 5.78 Å². The Morgan fingerprint density at radius 2 is 1.76 bits per heavy atom. The molecule has 2 aromatic heterocycles. The van der Waals surface area contributed by atoms with Crippen molar-refractivity contribution in [3.63, 3.8) is 0 Å². The van der Waals surface area contributed by atoms with Crippen LogP contribution in [0.3, 0.4) is 0 Å². The zero-order valence-corrected chi connectivity index (χ0v) is 13.5. The maximum Gasteiger partial charge on any atom is 0.272 e. The van der Waals surface area contributed by atoms with Crippen LogP contribution in [-0.2, 0) is 0 Å². The number of fused-ring (bicyclic) bond motifs is 2. The molecule has 0 spiro atoms. The third-order valence-corrected chi connectivity index (χ3v) is 4.19. The maximum atomic E-state index is 12.5. The highest BCUT2D eigenvalue weighted by Gasteiger charge is 2.12. The number of rotatable bonds is 3. The molecule has 0 saturated carbocycles. The van der Waals surface area contributed by atoms with E-state index in [9.17, 15) is 9.59 Å². The Balaban J connectivity index is 1.64. The highest BCUT2D eigenvalue weighted by Crippen LogP contribution is 2.23. The molecule has 0 atom stereocenters. The predicted molar refractivity (Wildman–Crippen MR) is 99.0 cm³/mol. The second kappa shape index (κ2) is 5.52. The number of aromatic nitrogens is 2. The van der Waals surface area contributed by atoms with Crippen LogP contribution in [0.15, 0.2) is 48.5 Å². The minimum Gasteiger partial charge on any atom is -0.397 e. The van der Waals surface area contributed by atoms with Crippen LogP contribution in [0.2, 0.25) is 0 Å². The van der Waals surface area contributed by atoms with E-state index in [-0.39, 0.29) is 11.7 Å². The fourth-order valence-corrected chi connectivity index (χ4v) is 2.90. The van der Waals surface area contributed by atoms with Crippen molar-refractivity contribution in [3.8, 4) is 0 Å². The summed E-state index contributed by atoms with van der Waals surface area (Å²) in [6, 6.07) is 14.5. The Bertz CT molecular complexity index is 1140. The SMILES string of the molecule is CC(=O)c1cc2cc(NC(=O)c3cc4cccc(N)c4[nH]3)ccc2[nH]1. The molecule has 6 nitrogen and oxygen atoms in total. The minimum absolute atomic E-state index is 0.0301. The molecule has 124 valence electrons. The number of H-pyrrole nitrogens is 2. The van der Waals surface area contributed by atoms with Gasteiger partial charge in [-0.05, 0) is 36.4 Å². The molecule has 2 aromatic carbocycles. The number of benzene rings is 2. The van der Waals surface area contributed by atoms with Crippen molar-refractivity contribution in [1.29, 1.82) is 0 Å². The van der Waals surface area contributed by atoms with Gasteiger partial charge in [-0.2, -0.15) is 0 Å². The lowest BCUT2D eigenvalue weighted by molar-refractivity contribution is 0.100. The summed E-state index contributed by atoms with van der Waals surface area (Å²) < 4.78 is 0. The largest absolute Gasteiger partial charge is 0.397 e. The molecule has 1 amide bonds. The van der Waals surface area contributed by atoms with E-state index in [0.29, 0.717) is 22.8 Å². The van der Waals surface area contributed by atoms with Gasteiger partial charge in [-0.1, -0.05) is 12.1 Å². The number of carbonyl (C=O) groups is 2. The third-order valence-electron chi connectivity index (χ3n) is 4.19. The number of Topliss-reactive ketones (excluding diaryl/α,β-unsaturated/α-hetero) is 1. The van der Waals surface area contributed by atoms with E-state index in [0.717, 1.165) is 21.8 Å². The number of anilines is 2. The van der Waals surface area contributed by atoms with Crippen LogP contribution in [0, 0.1) is 0 Å². The summed E-state index contributed by atoms with van der Waals surface area (Å²) in [7, 11) is 0. The number of nitrogens with one attached hydrogen (secondary N) is 3. The standard InChI is InChI=1S/C19H16N4O2/c1-10(24)16-9-12-7-13(5-6-15(12)22-16)21-19(25)17-8-11-3-2-4-14(20)18(11)23-17/h2-9,22-23H,20H2,1H3,(H,21,25). The van der Waals surface area contributed by atoms with Gasteiger partial charge < -0.3 is 21.0 Å². The van der Waals surface area contributed by atoms with Crippen LogP contribution >= 0.6 is 0 Å². The van der Waals surface area contributed by atoms with Gasteiger partial charge in [0.05, 0.1) is 16.9 Å². The molecule has 0 saturated heterocycles. The first-order valence-electron chi connectivity index (χ1n) is 7.83. The van der Waals surface area contributed by atoms with Gasteiger partial charge in [0.1, 0.15) is 5.69 Å². The van der Waals surface area contributed by atoms with E-state index in [4.69, 9.17) is 5.73 Å². The van der Waals surface area contributed by atoms with E-state index >= 15 is 0 Å². The van der Waals surface area contributed by atoms with Crippen LogP contribution in [0.25, 0.3) is 21.8 Å². The van der Waals surface area contributed by atoms with Crippen molar-refractivity contribution in [2.24, 2.45) is 0 Å². The first-order chi connectivity index (χ1) is 12.0. The number of para-hydroxylation sites is 1. The van der Waals surface area contributed by atoms with Gasteiger partial charge in [-0.3, -0.25) is 9.59 Å². The van der Waals surface area contributed by atoms with Gasteiger partial charge >= 0.3 is 0 Å². The molecule has 6 heteroatoms. The van der Waals surface area contributed by atoms with Crippen molar-refractivity contribution >= 4 is 44.9 Å². The lowest BCUT2D eigenvalue weighted by Crippen LogP contribution is -2.12. The number of nitrogen functional groups attached to an aromatic ring is 1. The van der Waals surface area contributed by atoms with Gasteiger partial charge in [-0.15, -0.1) is 0 Å². The summed E-state index contributed by atoms with van der Waals surface area (Å²) >= 11 is 0. The summed E-state index contributed by atoms with van der Waals surface area (Å²) in [6.07, 6.45) is 0. The molecule has 4 rings (SSSR count). The van der Waals surface area contributed by atoms with Gasteiger partial charge in [0.25, 0.3) is 5.91 Å². The molecule has 0 unspecified atom stereocenters. The molecule has 25 heavy (non-hydrogen) atoms. The molecule has 0 aliphatic heterocycles. The van der Waals surface area contributed by atoms with Crippen molar-refractivity contribution in [3.05, 3.63) is 59.9 Å². The third kappa shape index (κ3) is 2.63. The molecular formula is C19H16N4O2. The second-order valence-corrected chi connectivity index (χ2v) is 5.99. The number of hydrogen-bond acceptors (Lipinski definition) is 3. The molecular weight excluding hydrogens is 316 g/mol. The molecule has 0 aliphatic rings. The van der Waals surface area contributed by atoms with Crippen LogP contribution in [-0.4, -0.2) is 21.7 Å².